The van der Waals surface area contributed by atoms with Gasteiger partial charge >= 0.3 is 5.97 Å². The van der Waals surface area contributed by atoms with Crippen LogP contribution in [0.4, 0.5) is 0 Å². The highest BCUT2D eigenvalue weighted by Gasteiger charge is 2.09. The van der Waals surface area contributed by atoms with Gasteiger partial charge in [-0.25, -0.2) is 0 Å². The van der Waals surface area contributed by atoms with E-state index in [0.717, 1.165) is 5.75 Å². The molecule has 1 rings (SSSR count). The first-order valence-electron chi connectivity index (χ1n) is 6.85. The van der Waals surface area contributed by atoms with E-state index in [1.165, 1.54) is 0 Å². The molecule has 1 aromatic carbocycles. The third kappa shape index (κ3) is 7.20. The summed E-state index contributed by atoms with van der Waals surface area (Å²) in [6.07, 6.45) is 0.0278. The minimum absolute atomic E-state index is 0.0278. The van der Waals surface area contributed by atoms with E-state index >= 15 is 0 Å². The van der Waals surface area contributed by atoms with Crippen molar-refractivity contribution in [3.63, 3.8) is 0 Å². The van der Waals surface area contributed by atoms with E-state index in [2.05, 4.69) is 5.32 Å². The molecule has 6 heteroatoms. The second kappa shape index (κ2) is 8.84. The number of hydrogen-bond acceptors (Lipinski definition) is 4. The minimum Gasteiger partial charge on any atom is -0.494 e. The molecule has 0 aliphatic rings. The van der Waals surface area contributed by atoms with Crippen molar-refractivity contribution in [2.24, 2.45) is 5.92 Å². The summed E-state index contributed by atoms with van der Waals surface area (Å²) < 4.78 is 10.6. The van der Waals surface area contributed by atoms with Gasteiger partial charge in [-0.05, 0) is 37.1 Å². The van der Waals surface area contributed by atoms with Crippen molar-refractivity contribution < 1.29 is 24.2 Å². The number of benzene rings is 1. The van der Waals surface area contributed by atoms with Crippen LogP contribution < -0.4 is 14.8 Å². The normalized spacial score (nSPS) is 11.5. The van der Waals surface area contributed by atoms with Gasteiger partial charge in [0.15, 0.2) is 6.61 Å². The fourth-order valence-corrected chi connectivity index (χ4v) is 1.66. The van der Waals surface area contributed by atoms with Crippen molar-refractivity contribution in [2.45, 2.75) is 20.3 Å². The lowest BCUT2D eigenvalue weighted by atomic mass is 10.1. The zero-order chi connectivity index (χ0) is 15.7. The van der Waals surface area contributed by atoms with Gasteiger partial charge in [-0.1, -0.05) is 6.92 Å². The van der Waals surface area contributed by atoms with Gasteiger partial charge < -0.3 is 19.9 Å². The number of carboxylic acid groups (broad SMARTS) is 1. The molecule has 1 aromatic rings. The van der Waals surface area contributed by atoms with Crippen LogP contribution in [0.5, 0.6) is 11.5 Å². The van der Waals surface area contributed by atoms with Crippen LogP contribution in [0.3, 0.4) is 0 Å². The summed E-state index contributed by atoms with van der Waals surface area (Å²) in [6.45, 7) is 4.48. The van der Waals surface area contributed by atoms with E-state index in [1.54, 1.807) is 31.2 Å². The second-order valence-electron chi connectivity index (χ2n) is 4.70. The predicted molar refractivity (Wildman–Crippen MR) is 77.5 cm³/mol. The standard InChI is InChI=1S/C15H21NO5/c1-3-20-12-4-6-13(7-5-12)21-10-14(17)16-9-11(2)8-15(18)19/h4-7,11H,3,8-10H2,1-2H3,(H,16,17)(H,18,19). The Morgan fingerprint density at radius 1 is 1.19 bits per heavy atom. The highest BCUT2D eigenvalue weighted by Crippen LogP contribution is 2.17. The van der Waals surface area contributed by atoms with Crippen LogP contribution in [-0.2, 0) is 9.59 Å². The van der Waals surface area contributed by atoms with Crippen molar-refractivity contribution in [2.75, 3.05) is 19.8 Å². The SMILES string of the molecule is CCOc1ccc(OCC(=O)NCC(C)CC(=O)O)cc1. The molecule has 1 amide bonds. The molecule has 0 radical (unpaired) electrons. The van der Waals surface area contributed by atoms with Crippen molar-refractivity contribution in [1.29, 1.82) is 0 Å². The lowest BCUT2D eigenvalue weighted by molar-refractivity contribution is -0.138. The molecule has 116 valence electrons. The third-order valence-corrected chi connectivity index (χ3v) is 2.68. The molecule has 0 saturated carbocycles. The van der Waals surface area contributed by atoms with Crippen LogP contribution in [0.25, 0.3) is 0 Å². The maximum Gasteiger partial charge on any atom is 0.303 e. The van der Waals surface area contributed by atoms with Crippen molar-refractivity contribution in [3.05, 3.63) is 24.3 Å². The van der Waals surface area contributed by atoms with Gasteiger partial charge in [-0.2, -0.15) is 0 Å². The number of aliphatic carboxylic acids is 1. The number of nitrogens with one attached hydrogen (secondary N) is 1. The van der Waals surface area contributed by atoms with Gasteiger partial charge in [0.25, 0.3) is 5.91 Å². The first kappa shape index (κ1) is 16.8. The highest BCUT2D eigenvalue weighted by molar-refractivity contribution is 5.77. The first-order valence-corrected chi connectivity index (χ1v) is 6.85. The van der Waals surface area contributed by atoms with E-state index in [1.807, 2.05) is 6.92 Å². The molecule has 0 aromatic heterocycles. The smallest absolute Gasteiger partial charge is 0.303 e. The fraction of sp³-hybridized carbons (Fsp3) is 0.467. The van der Waals surface area contributed by atoms with Gasteiger partial charge in [0, 0.05) is 13.0 Å². The third-order valence-electron chi connectivity index (χ3n) is 2.68. The molecule has 0 aliphatic carbocycles. The van der Waals surface area contributed by atoms with Crippen molar-refractivity contribution in [3.8, 4) is 11.5 Å². The Bertz CT molecular complexity index is 458. The highest BCUT2D eigenvalue weighted by atomic mass is 16.5. The van der Waals surface area contributed by atoms with Gasteiger partial charge in [-0.15, -0.1) is 0 Å². The summed E-state index contributed by atoms with van der Waals surface area (Å²) in [5.74, 6) is 0.0596. The molecule has 2 N–H and O–H groups in total. The van der Waals surface area contributed by atoms with E-state index in [0.29, 0.717) is 18.9 Å². The summed E-state index contributed by atoms with van der Waals surface area (Å²) in [5.41, 5.74) is 0. The Kier molecular flexibility index (Phi) is 7.08. The Morgan fingerprint density at radius 2 is 1.76 bits per heavy atom. The summed E-state index contributed by atoms with van der Waals surface area (Å²) in [5, 5.41) is 11.3. The number of amides is 1. The Balaban J connectivity index is 2.27. The van der Waals surface area contributed by atoms with E-state index < -0.39 is 5.97 Å². The largest absolute Gasteiger partial charge is 0.494 e. The molecular weight excluding hydrogens is 274 g/mol. The first-order chi connectivity index (χ1) is 10.0. The molecule has 0 fully saturated rings. The van der Waals surface area contributed by atoms with Gasteiger partial charge in [0.2, 0.25) is 0 Å². The number of carboxylic acids is 1. The number of rotatable bonds is 9. The summed E-state index contributed by atoms with van der Waals surface area (Å²) in [6, 6.07) is 6.99. The molecule has 0 aliphatic heterocycles. The topological polar surface area (TPSA) is 84.9 Å². The molecule has 0 bridgehead atoms. The molecule has 0 spiro atoms. The van der Waals surface area contributed by atoms with Crippen molar-refractivity contribution in [1.82, 2.24) is 5.32 Å². The van der Waals surface area contributed by atoms with Crippen molar-refractivity contribution >= 4 is 11.9 Å². The maximum atomic E-state index is 11.6. The summed E-state index contributed by atoms with van der Waals surface area (Å²) in [4.78, 5) is 22.1. The monoisotopic (exact) mass is 295 g/mol. The van der Waals surface area contributed by atoms with Crippen LogP contribution in [0.1, 0.15) is 20.3 Å². The van der Waals surface area contributed by atoms with Gasteiger partial charge in [0.1, 0.15) is 11.5 Å². The zero-order valence-corrected chi connectivity index (χ0v) is 12.3. The van der Waals surface area contributed by atoms with Crippen LogP contribution in [0, 0.1) is 5.92 Å². The Hall–Kier alpha value is -2.24. The van der Waals surface area contributed by atoms with Crippen LogP contribution >= 0.6 is 0 Å². The van der Waals surface area contributed by atoms with Crippen LogP contribution in [0.15, 0.2) is 24.3 Å². The molecule has 1 unspecified atom stereocenters. The maximum absolute atomic E-state index is 11.6. The van der Waals surface area contributed by atoms with E-state index in [4.69, 9.17) is 14.6 Å². The minimum atomic E-state index is -0.873. The number of hydrogen-bond donors (Lipinski definition) is 2. The average molecular weight is 295 g/mol. The van der Waals surface area contributed by atoms with Gasteiger partial charge in [0.05, 0.1) is 6.61 Å². The molecule has 6 nitrogen and oxygen atoms in total. The number of carbonyl (C=O) groups is 2. The molecule has 0 saturated heterocycles. The Labute approximate surface area is 124 Å². The summed E-state index contributed by atoms with van der Waals surface area (Å²) >= 11 is 0. The van der Waals surface area contributed by atoms with E-state index in [9.17, 15) is 9.59 Å². The van der Waals surface area contributed by atoms with Gasteiger partial charge in [-0.3, -0.25) is 9.59 Å². The zero-order valence-electron chi connectivity index (χ0n) is 12.3. The second-order valence-corrected chi connectivity index (χ2v) is 4.70. The quantitative estimate of drug-likeness (QED) is 0.724. The fourth-order valence-electron chi connectivity index (χ4n) is 1.66. The predicted octanol–water partition coefficient (Wildman–Crippen LogP) is 1.69. The molecule has 21 heavy (non-hydrogen) atoms. The number of carbonyl (C=O) groups excluding carboxylic acids is 1. The molecular formula is C15H21NO5. The van der Waals surface area contributed by atoms with Crippen LogP contribution in [-0.4, -0.2) is 36.7 Å². The van der Waals surface area contributed by atoms with E-state index in [-0.39, 0.29) is 24.9 Å². The molecule has 0 heterocycles. The average Bonchev–Trinajstić information content (AvgIpc) is 2.44. The van der Waals surface area contributed by atoms with Crippen LogP contribution in [0.2, 0.25) is 0 Å². The lowest BCUT2D eigenvalue weighted by Crippen LogP contribution is -2.33. The molecule has 1 atom stereocenters. The summed E-state index contributed by atoms with van der Waals surface area (Å²) in [7, 11) is 0. The number of ether oxygens (including phenoxy) is 2. The lowest BCUT2D eigenvalue weighted by Gasteiger charge is -2.11. The Morgan fingerprint density at radius 3 is 2.29 bits per heavy atom.